The summed E-state index contributed by atoms with van der Waals surface area (Å²) in [5.41, 5.74) is 2.56. The van der Waals surface area contributed by atoms with E-state index in [4.69, 9.17) is 5.11 Å². The molecule has 0 saturated carbocycles. The van der Waals surface area contributed by atoms with Gasteiger partial charge < -0.3 is 5.11 Å². The summed E-state index contributed by atoms with van der Waals surface area (Å²) in [7, 11) is 0. The molecule has 90 valence electrons. The molecular weight excluding hydrogens is 242 g/mol. The number of rotatable bonds is 4. The van der Waals surface area contributed by atoms with Crippen LogP contribution >= 0.6 is 11.3 Å². The molecule has 2 heterocycles. The number of aliphatic carboxylic acids is 1. The molecule has 1 N–H and O–H groups in total. The zero-order valence-electron chi connectivity index (χ0n) is 9.36. The molecule has 2 rings (SSSR count). The van der Waals surface area contributed by atoms with Crippen LogP contribution in [0.25, 0.3) is 10.7 Å². The van der Waals surface area contributed by atoms with Crippen molar-refractivity contribution in [1.82, 2.24) is 25.2 Å². The summed E-state index contributed by atoms with van der Waals surface area (Å²) in [6, 6.07) is -0.293. The van der Waals surface area contributed by atoms with Crippen molar-refractivity contribution < 1.29 is 9.90 Å². The zero-order chi connectivity index (χ0) is 12.4. The molecule has 0 bridgehead atoms. The molecule has 0 saturated heterocycles. The van der Waals surface area contributed by atoms with Gasteiger partial charge in [0, 0.05) is 0 Å². The number of carboxylic acid groups (broad SMARTS) is 1. The maximum Gasteiger partial charge on any atom is 0.305 e. The van der Waals surface area contributed by atoms with Crippen LogP contribution in [0, 0.1) is 6.92 Å². The monoisotopic (exact) mass is 253 g/mol. The normalized spacial score (nSPS) is 12.6. The van der Waals surface area contributed by atoms with Crippen LogP contribution in [0.4, 0.5) is 0 Å². The van der Waals surface area contributed by atoms with E-state index in [0.717, 1.165) is 10.6 Å². The van der Waals surface area contributed by atoms with E-state index in [0.29, 0.717) is 5.82 Å². The van der Waals surface area contributed by atoms with Gasteiger partial charge in [0.2, 0.25) is 0 Å². The second kappa shape index (κ2) is 4.58. The molecule has 17 heavy (non-hydrogen) atoms. The van der Waals surface area contributed by atoms with Crippen molar-refractivity contribution >= 4 is 17.3 Å². The molecule has 0 fully saturated rings. The number of hydrogen-bond donors (Lipinski definition) is 1. The molecule has 0 radical (unpaired) electrons. The number of aromatic nitrogens is 5. The Labute approximate surface area is 101 Å². The standard InChI is InChI=1S/C9H11N5O2S/c1-5(3-7(15)16)14-9(11-12-13-14)8-6(2)10-4-17-8/h4-5H,3H2,1-2H3,(H,15,16). The minimum absolute atomic E-state index is 0.0180. The second-order valence-electron chi connectivity index (χ2n) is 3.66. The van der Waals surface area contributed by atoms with Crippen LogP contribution in [-0.4, -0.2) is 36.3 Å². The van der Waals surface area contributed by atoms with E-state index in [-0.39, 0.29) is 12.5 Å². The van der Waals surface area contributed by atoms with Crippen molar-refractivity contribution in [2.75, 3.05) is 0 Å². The minimum Gasteiger partial charge on any atom is -0.481 e. The summed E-state index contributed by atoms with van der Waals surface area (Å²) in [5, 5.41) is 20.1. The molecule has 0 aliphatic rings. The first-order chi connectivity index (χ1) is 8.09. The smallest absolute Gasteiger partial charge is 0.305 e. The molecule has 2 aromatic heterocycles. The van der Waals surface area contributed by atoms with Crippen molar-refractivity contribution in [3.63, 3.8) is 0 Å². The first kappa shape index (κ1) is 11.6. The first-order valence-electron chi connectivity index (χ1n) is 4.99. The lowest BCUT2D eigenvalue weighted by Crippen LogP contribution is -2.13. The van der Waals surface area contributed by atoms with E-state index in [9.17, 15) is 4.79 Å². The van der Waals surface area contributed by atoms with E-state index < -0.39 is 5.97 Å². The number of nitrogens with zero attached hydrogens (tertiary/aromatic N) is 5. The third kappa shape index (κ3) is 2.31. The molecule has 0 spiro atoms. The van der Waals surface area contributed by atoms with Crippen LogP contribution in [-0.2, 0) is 4.79 Å². The molecule has 7 nitrogen and oxygen atoms in total. The fraction of sp³-hybridized carbons (Fsp3) is 0.444. The van der Waals surface area contributed by atoms with Crippen LogP contribution in [0.5, 0.6) is 0 Å². The van der Waals surface area contributed by atoms with Gasteiger partial charge in [0.1, 0.15) is 0 Å². The van der Waals surface area contributed by atoms with Gasteiger partial charge in [-0.2, -0.15) is 0 Å². The Hall–Kier alpha value is -1.83. The zero-order valence-corrected chi connectivity index (χ0v) is 10.2. The SMILES string of the molecule is Cc1ncsc1-c1nnnn1C(C)CC(=O)O. The molecule has 0 aromatic carbocycles. The Morgan fingerprint density at radius 1 is 1.65 bits per heavy atom. The quantitative estimate of drug-likeness (QED) is 0.878. The highest BCUT2D eigenvalue weighted by Crippen LogP contribution is 2.26. The average Bonchev–Trinajstić information content (AvgIpc) is 2.83. The highest BCUT2D eigenvalue weighted by atomic mass is 32.1. The molecule has 1 unspecified atom stereocenters. The number of hydrogen-bond acceptors (Lipinski definition) is 6. The van der Waals surface area contributed by atoms with E-state index >= 15 is 0 Å². The highest BCUT2D eigenvalue weighted by Gasteiger charge is 2.19. The maximum atomic E-state index is 10.7. The molecule has 8 heteroatoms. The molecular formula is C9H11N5O2S. The third-order valence-electron chi connectivity index (χ3n) is 2.33. The molecule has 0 aliphatic carbocycles. The lowest BCUT2D eigenvalue weighted by Gasteiger charge is -2.10. The first-order valence-corrected chi connectivity index (χ1v) is 5.87. The van der Waals surface area contributed by atoms with Crippen molar-refractivity contribution in [3.8, 4) is 10.7 Å². The van der Waals surface area contributed by atoms with Crippen molar-refractivity contribution in [1.29, 1.82) is 0 Å². The van der Waals surface area contributed by atoms with Gasteiger partial charge in [-0.05, 0) is 24.3 Å². The predicted molar refractivity (Wildman–Crippen MR) is 60.6 cm³/mol. The topological polar surface area (TPSA) is 93.8 Å². The Bertz CT molecular complexity index is 535. The van der Waals surface area contributed by atoms with Crippen molar-refractivity contribution in [2.24, 2.45) is 0 Å². The van der Waals surface area contributed by atoms with Gasteiger partial charge in [-0.15, -0.1) is 16.4 Å². The molecule has 0 aliphatic heterocycles. The van der Waals surface area contributed by atoms with Crippen LogP contribution in [0.3, 0.4) is 0 Å². The van der Waals surface area contributed by atoms with Gasteiger partial charge in [-0.1, -0.05) is 0 Å². The van der Waals surface area contributed by atoms with E-state index in [1.165, 1.54) is 16.0 Å². The van der Waals surface area contributed by atoms with Crippen LogP contribution < -0.4 is 0 Å². The predicted octanol–water partition coefficient (Wildman–Crippen LogP) is 1.14. The molecule has 2 aromatic rings. The fourth-order valence-corrected chi connectivity index (χ4v) is 2.27. The van der Waals surface area contributed by atoms with Crippen LogP contribution in [0.15, 0.2) is 5.51 Å². The summed E-state index contributed by atoms with van der Waals surface area (Å²) in [4.78, 5) is 15.7. The number of carboxylic acids is 1. The van der Waals surface area contributed by atoms with Gasteiger partial charge in [0.15, 0.2) is 5.82 Å². The largest absolute Gasteiger partial charge is 0.481 e. The Morgan fingerprint density at radius 3 is 3.00 bits per heavy atom. The van der Waals surface area contributed by atoms with E-state index in [2.05, 4.69) is 20.5 Å². The summed E-state index contributed by atoms with van der Waals surface area (Å²) in [6.45, 7) is 3.64. The third-order valence-corrected chi connectivity index (χ3v) is 3.25. The Morgan fingerprint density at radius 2 is 2.41 bits per heavy atom. The second-order valence-corrected chi connectivity index (χ2v) is 4.52. The summed E-state index contributed by atoms with van der Waals surface area (Å²) in [6.07, 6.45) is -0.0180. The van der Waals surface area contributed by atoms with Gasteiger partial charge in [0.05, 0.1) is 28.5 Å². The Balaban J connectivity index is 2.35. The van der Waals surface area contributed by atoms with Gasteiger partial charge >= 0.3 is 5.97 Å². The van der Waals surface area contributed by atoms with Crippen molar-refractivity contribution in [3.05, 3.63) is 11.2 Å². The van der Waals surface area contributed by atoms with Gasteiger partial charge in [0.25, 0.3) is 0 Å². The average molecular weight is 253 g/mol. The lowest BCUT2D eigenvalue weighted by molar-refractivity contribution is -0.137. The minimum atomic E-state index is -0.875. The summed E-state index contributed by atoms with van der Waals surface area (Å²) in [5.74, 6) is -0.307. The number of carbonyl (C=O) groups is 1. The fourth-order valence-electron chi connectivity index (χ4n) is 1.50. The molecule has 0 amide bonds. The number of aryl methyl sites for hydroxylation is 1. The Kier molecular flexibility index (Phi) is 3.14. The van der Waals surface area contributed by atoms with E-state index in [1.54, 1.807) is 12.4 Å². The van der Waals surface area contributed by atoms with Gasteiger partial charge in [-0.3, -0.25) is 4.79 Å². The number of thiazole rings is 1. The van der Waals surface area contributed by atoms with Gasteiger partial charge in [-0.25, -0.2) is 9.67 Å². The lowest BCUT2D eigenvalue weighted by atomic mass is 10.2. The van der Waals surface area contributed by atoms with Crippen LogP contribution in [0.2, 0.25) is 0 Å². The summed E-state index contributed by atoms with van der Waals surface area (Å²) >= 11 is 1.44. The molecule has 1 atom stereocenters. The summed E-state index contributed by atoms with van der Waals surface area (Å²) < 4.78 is 1.52. The van der Waals surface area contributed by atoms with Crippen molar-refractivity contribution in [2.45, 2.75) is 26.3 Å². The van der Waals surface area contributed by atoms with Crippen LogP contribution in [0.1, 0.15) is 25.1 Å². The van der Waals surface area contributed by atoms with E-state index in [1.807, 2.05) is 6.92 Å². The number of tetrazole rings is 1. The highest BCUT2D eigenvalue weighted by molar-refractivity contribution is 7.13. The maximum absolute atomic E-state index is 10.7.